The summed E-state index contributed by atoms with van der Waals surface area (Å²) in [4.78, 5) is 19.6. The van der Waals surface area contributed by atoms with E-state index >= 15 is 0 Å². The molecule has 0 spiro atoms. The molecule has 0 bridgehead atoms. The first kappa shape index (κ1) is 15.8. The van der Waals surface area contributed by atoms with Crippen molar-refractivity contribution in [1.29, 1.82) is 0 Å². The average Bonchev–Trinajstić information content (AvgIpc) is 2.49. The van der Waals surface area contributed by atoms with Crippen molar-refractivity contribution in [2.45, 2.75) is 38.5 Å². The van der Waals surface area contributed by atoms with E-state index in [1.54, 1.807) is 0 Å². The van der Waals surface area contributed by atoms with Gasteiger partial charge in [0, 0.05) is 19.5 Å². The number of hydrogen-bond donors (Lipinski definition) is 3. The van der Waals surface area contributed by atoms with Crippen LogP contribution in [-0.4, -0.2) is 29.0 Å². The van der Waals surface area contributed by atoms with Gasteiger partial charge >= 0.3 is 0 Å². The molecule has 0 saturated heterocycles. The second-order valence-electron chi connectivity index (χ2n) is 5.41. The quantitative estimate of drug-likeness (QED) is 0.700. The molecule has 1 aliphatic rings. The fourth-order valence-electron chi connectivity index (χ4n) is 2.62. The topological polar surface area (TPSA) is 92.9 Å². The Kier molecular flexibility index (Phi) is 6.04. The summed E-state index contributed by atoms with van der Waals surface area (Å²) in [5.41, 5.74) is 5.58. The number of nitrogens with zero attached hydrogens (tertiary/aromatic N) is 2. The molecule has 0 aliphatic heterocycles. The second-order valence-corrected chi connectivity index (χ2v) is 5.78. The highest BCUT2D eigenvalue weighted by Gasteiger charge is 2.16. The van der Waals surface area contributed by atoms with Crippen LogP contribution in [-0.2, 0) is 4.79 Å². The normalized spacial score (nSPS) is 15.7. The lowest BCUT2D eigenvalue weighted by Gasteiger charge is -2.20. The lowest BCUT2D eigenvalue weighted by molar-refractivity contribution is -0.122. The average molecular weight is 312 g/mol. The van der Waals surface area contributed by atoms with Gasteiger partial charge in [0.25, 0.3) is 0 Å². The molecule has 4 N–H and O–H groups in total. The lowest BCUT2D eigenvalue weighted by Crippen LogP contribution is -2.30. The molecule has 116 valence electrons. The number of aromatic nitrogens is 2. The fourth-order valence-corrected chi connectivity index (χ4v) is 2.78. The van der Waals surface area contributed by atoms with Crippen LogP contribution in [0, 0.1) is 5.92 Å². The van der Waals surface area contributed by atoms with Crippen LogP contribution in [0.15, 0.2) is 6.33 Å². The Morgan fingerprint density at radius 3 is 2.81 bits per heavy atom. The zero-order chi connectivity index (χ0) is 15.1. The molecule has 1 heterocycles. The standard InChI is InChI=1S/C14H22ClN5O/c15-12-13(16)19-9-20-14(12)18-7-6-17-11(21)8-10-4-2-1-3-5-10/h9-10H,1-8H2,(H,17,21)(H3,16,18,19,20). The van der Waals surface area contributed by atoms with Gasteiger partial charge in [-0.3, -0.25) is 4.79 Å². The van der Waals surface area contributed by atoms with Crippen molar-refractivity contribution < 1.29 is 4.79 Å². The Morgan fingerprint density at radius 1 is 1.29 bits per heavy atom. The van der Waals surface area contributed by atoms with Crippen LogP contribution in [0.5, 0.6) is 0 Å². The summed E-state index contributed by atoms with van der Waals surface area (Å²) in [6.07, 6.45) is 8.18. The maximum Gasteiger partial charge on any atom is 0.220 e. The highest BCUT2D eigenvalue weighted by Crippen LogP contribution is 2.26. The number of anilines is 2. The number of rotatable bonds is 6. The third kappa shape index (κ3) is 5.04. The van der Waals surface area contributed by atoms with Crippen LogP contribution >= 0.6 is 11.6 Å². The zero-order valence-electron chi connectivity index (χ0n) is 12.1. The molecule has 1 fully saturated rings. The SMILES string of the molecule is Nc1ncnc(NCCNC(=O)CC2CCCCC2)c1Cl. The molecule has 6 nitrogen and oxygen atoms in total. The maximum atomic E-state index is 11.8. The Hall–Kier alpha value is -1.56. The molecule has 0 radical (unpaired) electrons. The Morgan fingerprint density at radius 2 is 2.05 bits per heavy atom. The number of nitrogen functional groups attached to an aromatic ring is 1. The zero-order valence-corrected chi connectivity index (χ0v) is 12.8. The molecule has 1 saturated carbocycles. The van der Waals surface area contributed by atoms with Crippen molar-refractivity contribution in [2.75, 3.05) is 24.1 Å². The van der Waals surface area contributed by atoms with E-state index in [1.807, 2.05) is 0 Å². The van der Waals surface area contributed by atoms with Crippen molar-refractivity contribution in [3.63, 3.8) is 0 Å². The van der Waals surface area contributed by atoms with E-state index in [-0.39, 0.29) is 11.7 Å². The van der Waals surface area contributed by atoms with Crippen molar-refractivity contribution in [3.8, 4) is 0 Å². The minimum atomic E-state index is 0.122. The summed E-state index contributed by atoms with van der Waals surface area (Å²) in [6, 6.07) is 0. The van der Waals surface area contributed by atoms with Crippen molar-refractivity contribution in [1.82, 2.24) is 15.3 Å². The molecule has 21 heavy (non-hydrogen) atoms. The fraction of sp³-hybridized carbons (Fsp3) is 0.643. The summed E-state index contributed by atoms with van der Waals surface area (Å²) < 4.78 is 0. The predicted octanol–water partition coefficient (Wildman–Crippen LogP) is 2.21. The largest absolute Gasteiger partial charge is 0.382 e. The van der Waals surface area contributed by atoms with Crippen LogP contribution < -0.4 is 16.4 Å². The summed E-state index contributed by atoms with van der Waals surface area (Å²) in [6.45, 7) is 1.08. The number of nitrogens with one attached hydrogen (secondary N) is 2. The first-order valence-corrected chi connectivity index (χ1v) is 7.81. The molecule has 0 atom stereocenters. The van der Waals surface area contributed by atoms with Gasteiger partial charge in [0.1, 0.15) is 17.2 Å². The van der Waals surface area contributed by atoms with Crippen LogP contribution in [0.2, 0.25) is 5.02 Å². The monoisotopic (exact) mass is 311 g/mol. The van der Waals surface area contributed by atoms with E-state index in [9.17, 15) is 4.79 Å². The lowest BCUT2D eigenvalue weighted by atomic mass is 9.87. The molecule has 1 amide bonds. The van der Waals surface area contributed by atoms with Crippen LogP contribution in [0.1, 0.15) is 38.5 Å². The second kappa shape index (κ2) is 8.02. The Bertz CT molecular complexity index is 476. The van der Waals surface area contributed by atoms with E-state index in [4.69, 9.17) is 17.3 Å². The van der Waals surface area contributed by atoms with Gasteiger partial charge in [0.2, 0.25) is 5.91 Å². The molecular formula is C14H22ClN5O. The molecule has 1 aliphatic carbocycles. The van der Waals surface area contributed by atoms with E-state index in [0.29, 0.717) is 36.3 Å². The third-order valence-corrected chi connectivity index (χ3v) is 4.13. The molecule has 0 aromatic carbocycles. The van der Waals surface area contributed by atoms with Gasteiger partial charge in [-0.05, 0) is 18.8 Å². The van der Waals surface area contributed by atoms with E-state index < -0.39 is 0 Å². The van der Waals surface area contributed by atoms with Gasteiger partial charge in [-0.15, -0.1) is 0 Å². The summed E-state index contributed by atoms with van der Waals surface area (Å²) in [5.74, 6) is 1.42. The summed E-state index contributed by atoms with van der Waals surface area (Å²) in [7, 11) is 0. The van der Waals surface area contributed by atoms with E-state index in [2.05, 4.69) is 20.6 Å². The Balaban J connectivity index is 1.65. The van der Waals surface area contributed by atoms with E-state index in [1.165, 1.54) is 38.4 Å². The first-order chi connectivity index (χ1) is 10.2. The number of hydrogen-bond acceptors (Lipinski definition) is 5. The third-order valence-electron chi connectivity index (χ3n) is 3.75. The number of carbonyl (C=O) groups excluding carboxylic acids is 1. The van der Waals surface area contributed by atoms with Gasteiger partial charge in [0.05, 0.1) is 0 Å². The highest BCUT2D eigenvalue weighted by molar-refractivity contribution is 6.35. The van der Waals surface area contributed by atoms with Crippen LogP contribution in [0.25, 0.3) is 0 Å². The Labute approximate surface area is 129 Å². The smallest absolute Gasteiger partial charge is 0.220 e. The highest BCUT2D eigenvalue weighted by atomic mass is 35.5. The number of nitrogens with two attached hydrogens (primary N) is 1. The minimum absolute atomic E-state index is 0.122. The number of amides is 1. The van der Waals surface area contributed by atoms with Gasteiger partial charge in [0.15, 0.2) is 5.82 Å². The predicted molar refractivity (Wildman–Crippen MR) is 84.1 cm³/mol. The van der Waals surface area contributed by atoms with Crippen molar-refractivity contribution >= 4 is 29.1 Å². The molecule has 1 aromatic heterocycles. The van der Waals surface area contributed by atoms with Crippen LogP contribution in [0.4, 0.5) is 11.6 Å². The van der Waals surface area contributed by atoms with Gasteiger partial charge < -0.3 is 16.4 Å². The minimum Gasteiger partial charge on any atom is -0.382 e. The van der Waals surface area contributed by atoms with Crippen molar-refractivity contribution in [2.24, 2.45) is 5.92 Å². The molecule has 7 heteroatoms. The maximum absolute atomic E-state index is 11.8. The number of halogens is 1. The molecular weight excluding hydrogens is 290 g/mol. The van der Waals surface area contributed by atoms with Gasteiger partial charge in [-0.2, -0.15) is 0 Å². The number of carbonyl (C=O) groups is 1. The molecule has 2 rings (SSSR count). The molecule has 1 aromatic rings. The first-order valence-electron chi connectivity index (χ1n) is 7.43. The molecule has 0 unspecified atom stereocenters. The van der Waals surface area contributed by atoms with Gasteiger partial charge in [-0.25, -0.2) is 9.97 Å². The van der Waals surface area contributed by atoms with Gasteiger partial charge in [-0.1, -0.05) is 30.9 Å². The van der Waals surface area contributed by atoms with Crippen molar-refractivity contribution in [3.05, 3.63) is 11.3 Å². The summed E-state index contributed by atoms with van der Waals surface area (Å²) in [5, 5.41) is 6.26. The summed E-state index contributed by atoms with van der Waals surface area (Å²) >= 11 is 5.96. The van der Waals surface area contributed by atoms with Crippen LogP contribution in [0.3, 0.4) is 0 Å². The van der Waals surface area contributed by atoms with E-state index in [0.717, 1.165) is 0 Å².